The quantitative estimate of drug-likeness (QED) is 0.769. The zero-order chi connectivity index (χ0) is 12.3. The smallest absolute Gasteiger partial charge is 0.191 e. The summed E-state index contributed by atoms with van der Waals surface area (Å²) in [5, 5.41) is 0. The average Bonchev–Trinajstić information content (AvgIpc) is 2.76. The molecule has 0 aliphatic carbocycles. The minimum Gasteiger partial charge on any atom is -0.480 e. The van der Waals surface area contributed by atoms with E-state index in [1.165, 1.54) is 18.2 Å². The fourth-order valence-corrected chi connectivity index (χ4v) is 1.30. The zero-order valence-electron chi connectivity index (χ0n) is 8.65. The van der Waals surface area contributed by atoms with E-state index >= 15 is 0 Å². The van der Waals surface area contributed by atoms with Gasteiger partial charge >= 0.3 is 0 Å². The normalized spacial score (nSPS) is 10.2. The molecule has 2 rings (SSSR count). The molecule has 0 aliphatic rings. The first kappa shape index (κ1) is 11.3. The molecule has 1 aromatic carbocycles. The highest BCUT2D eigenvalue weighted by atomic mass is 19.1. The highest BCUT2D eigenvalue weighted by Crippen LogP contribution is 2.22. The largest absolute Gasteiger partial charge is 0.480 e. The van der Waals surface area contributed by atoms with Gasteiger partial charge in [0, 0.05) is 0 Å². The topological polar surface area (TPSA) is 39.4 Å². The molecule has 3 nitrogen and oxygen atoms in total. The van der Waals surface area contributed by atoms with Crippen molar-refractivity contribution in [1.29, 1.82) is 0 Å². The fourth-order valence-electron chi connectivity index (χ4n) is 1.30. The van der Waals surface area contributed by atoms with Gasteiger partial charge < -0.3 is 9.15 Å². The number of furan rings is 1. The Morgan fingerprint density at radius 1 is 1.18 bits per heavy atom. The first-order valence-corrected chi connectivity index (χ1v) is 4.81. The van der Waals surface area contributed by atoms with Crippen LogP contribution >= 0.6 is 0 Å². The molecule has 0 aliphatic heterocycles. The van der Waals surface area contributed by atoms with Crippen molar-refractivity contribution < 1.29 is 22.7 Å². The van der Waals surface area contributed by atoms with E-state index in [2.05, 4.69) is 0 Å². The Morgan fingerprint density at radius 3 is 2.47 bits per heavy atom. The van der Waals surface area contributed by atoms with Crippen LogP contribution in [0.5, 0.6) is 5.75 Å². The summed E-state index contributed by atoms with van der Waals surface area (Å²) in [4.78, 5) is 10.3. The van der Waals surface area contributed by atoms with Gasteiger partial charge in [-0.2, -0.15) is 0 Å². The molecule has 0 unspecified atom stereocenters. The summed E-state index contributed by atoms with van der Waals surface area (Å²) in [6.45, 7) is -0.147. The van der Waals surface area contributed by atoms with Crippen LogP contribution in [-0.4, -0.2) is 6.29 Å². The van der Waals surface area contributed by atoms with Gasteiger partial charge in [-0.3, -0.25) is 4.79 Å². The SMILES string of the molecule is O=Cc1ccc(COc2c(F)cccc2F)o1. The van der Waals surface area contributed by atoms with E-state index < -0.39 is 17.4 Å². The second-order valence-electron chi connectivity index (χ2n) is 3.26. The van der Waals surface area contributed by atoms with Crippen LogP contribution in [0.2, 0.25) is 0 Å². The third kappa shape index (κ3) is 2.50. The van der Waals surface area contributed by atoms with Crippen molar-refractivity contribution in [1.82, 2.24) is 0 Å². The van der Waals surface area contributed by atoms with Crippen molar-refractivity contribution in [2.24, 2.45) is 0 Å². The molecule has 0 fully saturated rings. The molecule has 17 heavy (non-hydrogen) atoms. The third-order valence-corrected chi connectivity index (χ3v) is 2.08. The Labute approximate surface area is 95.6 Å². The summed E-state index contributed by atoms with van der Waals surface area (Å²) in [5.74, 6) is -1.58. The van der Waals surface area contributed by atoms with Crippen molar-refractivity contribution in [3.8, 4) is 5.75 Å². The Bertz CT molecular complexity index is 514. The standard InChI is InChI=1S/C12H8F2O3/c13-10-2-1-3-11(14)12(10)16-7-9-5-4-8(6-15)17-9/h1-6H,7H2. The number of carbonyl (C=O) groups is 1. The molecule has 2 aromatic rings. The highest BCUT2D eigenvalue weighted by Gasteiger charge is 2.10. The summed E-state index contributed by atoms with van der Waals surface area (Å²) in [7, 11) is 0. The molecule has 0 amide bonds. The van der Waals surface area contributed by atoms with Crippen molar-refractivity contribution in [2.45, 2.75) is 6.61 Å². The highest BCUT2D eigenvalue weighted by molar-refractivity contribution is 5.70. The van der Waals surface area contributed by atoms with E-state index in [9.17, 15) is 13.6 Å². The van der Waals surface area contributed by atoms with Crippen LogP contribution in [0.1, 0.15) is 16.3 Å². The average molecular weight is 238 g/mol. The zero-order valence-corrected chi connectivity index (χ0v) is 8.65. The van der Waals surface area contributed by atoms with Gasteiger partial charge in [-0.15, -0.1) is 0 Å². The fraction of sp³-hybridized carbons (Fsp3) is 0.0833. The number of hydrogen-bond donors (Lipinski definition) is 0. The number of para-hydroxylation sites is 1. The molecule has 0 saturated carbocycles. The maximum Gasteiger partial charge on any atom is 0.191 e. The van der Waals surface area contributed by atoms with E-state index in [0.717, 1.165) is 12.1 Å². The van der Waals surface area contributed by atoms with E-state index in [4.69, 9.17) is 9.15 Å². The van der Waals surface area contributed by atoms with Crippen LogP contribution in [0.15, 0.2) is 34.7 Å². The van der Waals surface area contributed by atoms with Gasteiger partial charge in [-0.05, 0) is 24.3 Å². The molecule has 5 heteroatoms. The Morgan fingerprint density at radius 2 is 1.88 bits per heavy atom. The van der Waals surface area contributed by atoms with Crippen molar-refractivity contribution in [3.05, 3.63) is 53.5 Å². The predicted molar refractivity (Wildman–Crippen MR) is 54.8 cm³/mol. The number of ether oxygens (including phenoxy) is 1. The van der Waals surface area contributed by atoms with Crippen LogP contribution in [0.3, 0.4) is 0 Å². The molecule has 88 valence electrons. The second kappa shape index (κ2) is 4.78. The van der Waals surface area contributed by atoms with Crippen molar-refractivity contribution >= 4 is 6.29 Å². The molecule has 1 aromatic heterocycles. The molecular weight excluding hydrogens is 230 g/mol. The first-order valence-electron chi connectivity index (χ1n) is 4.81. The van der Waals surface area contributed by atoms with Crippen LogP contribution < -0.4 is 4.74 Å². The first-order chi connectivity index (χ1) is 8.20. The minimum atomic E-state index is -0.785. The van der Waals surface area contributed by atoms with Gasteiger partial charge in [-0.1, -0.05) is 6.07 Å². The molecule has 0 atom stereocenters. The summed E-state index contributed by atoms with van der Waals surface area (Å²) < 4.78 is 36.3. The summed E-state index contributed by atoms with van der Waals surface area (Å²) >= 11 is 0. The van der Waals surface area contributed by atoms with Crippen LogP contribution in [0.25, 0.3) is 0 Å². The van der Waals surface area contributed by atoms with Crippen molar-refractivity contribution in [3.63, 3.8) is 0 Å². The summed E-state index contributed by atoms with van der Waals surface area (Å²) in [6.07, 6.45) is 0.535. The molecular formula is C12H8F2O3. The van der Waals surface area contributed by atoms with Gasteiger partial charge in [0.05, 0.1) is 0 Å². The molecule has 0 saturated heterocycles. The summed E-state index contributed by atoms with van der Waals surface area (Å²) in [6, 6.07) is 6.38. The van der Waals surface area contributed by atoms with Gasteiger partial charge in [0.2, 0.25) is 0 Å². The Balaban J connectivity index is 2.09. The van der Waals surface area contributed by atoms with Gasteiger partial charge in [0.15, 0.2) is 29.4 Å². The maximum absolute atomic E-state index is 13.2. The number of benzene rings is 1. The monoisotopic (exact) mass is 238 g/mol. The lowest BCUT2D eigenvalue weighted by molar-refractivity contribution is 0.109. The van der Waals surface area contributed by atoms with Crippen molar-refractivity contribution in [2.75, 3.05) is 0 Å². The Kier molecular flexibility index (Phi) is 3.18. The number of carbonyl (C=O) groups excluding carboxylic acids is 1. The molecule has 0 bridgehead atoms. The predicted octanol–water partition coefficient (Wildman–Crippen LogP) is 2.95. The second-order valence-corrected chi connectivity index (χ2v) is 3.26. The minimum absolute atomic E-state index is 0.137. The van der Waals surface area contributed by atoms with Gasteiger partial charge in [0.25, 0.3) is 0 Å². The Hall–Kier alpha value is -2.17. The molecule has 1 heterocycles. The third-order valence-electron chi connectivity index (χ3n) is 2.08. The molecule has 0 radical (unpaired) electrons. The van der Waals surface area contributed by atoms with Crippen LogP contribution in [0.4, 0.5) is 8.78 Å². The maximum atomic E-state index is 13.2. The number of rotatable bonds is 4. The lowest BCUT2D eigenvalue weighted by Gasteiger charge is -2.05. The van der Waals surface area contributed by atoms with Crippen LogP contribution in [0, 0.1) is 11.6 Å². The lowest BCUT2D eigenvalue weighted by atomic mass is 10.3. The van der Waals surface area contributed by atoms with Gasteiger partial charge in [0.1, 0.15) is 12.4 Å². The number of halogens is 2. The molecule has 0 N–H and O–H groups in total. The molecule has 0 spiro atoms. The van der Waals surface area contributed by atoms with E-state index in [1.807, 2.05) is 0 Å². The lowest BCUT2D eigenvalue weighted by Crippen LogP contribution is -1.98. The van der Waals surface area contributed by atoms with E-state index in [1.54, 1.807) is 0 Å². The van der Waals surface area contributed by atoms with Gasteiger partial charge in [-0.25, -0.2) is 8.78 Å². The van der Waals surface area contributed by atoms with Crippen LogP contribution in [-0.2, 0) is 6.61 Å². The number of aldehydes is 1. The number of hydrogen-bond acceptors (Lipinski definition) is 3. The van der Waals surface area contributed by atoms with E-state index in [0.29, 0.717) is 12.0 Å². The van der Waals surface area contributed by atoms with E-state index in [-0.39, 0.29) is 12.4 Å². The summed E-state index contributed by atoms with van der Waals surface area (Å²) in [5.41, 5.74) is 0.